The minimum atomic E-state index is -0.336. The van der Waals surface area contributed by atoms with E-state index in [1.165, 1.54) is 5.56 Å². The first-order valence-corrected chi connectivity index (χ1v) is 17.4. The molecular formula is C40H40N10O3. The molecule has 0 saturated carbocycles. The molecule has 2 aromatic heterocycles. The Bertz CT molecular complexity index is 2190. The fourth-order valence-electron chi connectivity index (χ4n) is 6.04. The predicted octanol–water partition coefficient (Wildman–Crippen LogP) is 5.79. The van der Waals surface area contributed by atoms with E-state index in [1.54, 1.807) is 56.0 Å². The highest BCUT2D eigenvalue weighted by atomic mass is 16.5. The summed E-state index contributed by atoms with van der Waals surface area (Å²) in [5.74, 6) is 0.505. The van der Waals surface area contributed by atoms with Crippen LogP contribution in [-0.2, 0) is 11.3 Å². The summed E-state index contributed by atoms with van der Waals surface area (Å²) in [4.78, 5) is 44.4. The summed E-state index contributed by atoms with van der Waals surface area (Å²) in [5, 5.41) is 17.6. The van der Waals surface area contributed by atoms with Crippen molar-refractivity contribution >= 4 is 46.2 Å². The van der Waals surface area contributed by atoms with Crippen LogP contribution in [-0.4, -0.2) is 88.3 Å². The molecule has 2 aliphatic rings. The molecule has 0 aliphatic carbocycles. The second-order valence-electron chi connectivity index (χ2n) is 13.1. The minimum Gasteiger partial charge on any atom is -0.497 e. The van der Waals surface area contributed by atoms with Crippen molar-refractivity contribution < 1.29 is 14.3 Å². The van der Waals surface area contributed by atoms with Crippen molar-refractivity contribution in [3.8, 4) is 17.0 Å². The summed E-state index contributed by atoms with van der Waals surface area (Å²) in [6, 6.07) is 24.3. The number of benzene rings is 3. The number of piperazine rings is 1. The minimum absolute atomic E-state index is 0.182. The van der Waals surface area contributed by atoms with Gasteiger partial charge in [0.2, 0.25) is 5.95 Å². The first-order valence-electron chi connectivity index (χ1n) is 17.4. The number of carbonyl (C=O) groups is 2. The van der Waals surface area contributed by atoms with Gasteiger partial charge in [0.1, 0.15) is 11.5 Å². The third kappa shape index (κ3) is 8.78. The van der Waals surface area contributed by atoms with Gasteiger partial charge in [0.25, 0.3) is 11.8 Å². The predicted molar refractivity (Wildman–Crippen MR) is 207 cm³/mol. The van der Waals surface area contributed by atoms with Crippen molar-refractivity contribution in [3.63, 3.8) is 0 Å². The van der Waals surface area contributed by atoms with Crippen molar-refractivity contribution in [1.29, 1.82) is 0 Å². The molecule has 4 heterocycles. The summed E-state index contributed by atoms with van der Waals surface area (Å²) in [6.45, 7) is 7.09. The van der Waals surface area contributed by atoms with Gasteiger partial charge in [-0.05, 0) is 73.6 Å². The highest BCUT2D eigenvalue weighted by Crippen LogP contribution is 2.26. The summed E-state index contributed by atoms with van der Waals surface area (Å²) in [5.41, 5.74) is 7.79. The van der Waals surface area contributed by atoms with E-state index < -0.39 is 0 Å². The monoisotopic (exact) mass is 708 g/mol. The molecule has 3 aromatic carbocycles. The molecule has 7 rings (SSSR count). The van der Waals surface area contributed by atoms with Gasteiger partial charge >= 0.3 is 0 Å². The number of aryl methyl sites for hydroxylation is 1. The number of nitrogens with zero attached hydrogens (tertiary/aromatic N) is 7. The molecule has 2 aliphatic heterocycles. The van der Waals surface area contributed by atoms with Gasteiger partial charge in [-0.2, -0.15) is 5.10 Å². The van der Waals surface area contributed by atoms with Crippen LogP contribution in [0.25, 0.3) is 11.3 Å². The molecular weight excluding hydrogens is 669 g/mol. The van der Waals surface area contributed by atoms with E-state index in [0.29, 0.717) is 45.8 Å². The third-order valence-electron chi connectivity index (χ3n) is 9.20. The maximum absolute atomic E-state index is 13.2. The molecule has 5 aromatic rings. The number of rotatable bonds is 11. The van der Waals surface area contributed by atoms with Crippen molar-refractivity contribution in [2.24, 2.45) is 10.2 Å². The summed E-state index contributed by atoms with van der Waals surface area (Å²) < 4.78 is 5.24. The number of hydrogen-bond acceptors (Lipinski definition) is 11. The Balaban J connectivity index is 0.974. The van der Waals surface area contributed by atoms with Crippen molar-refractivity contribution in [2.45, 2.75) is 19.9 Å². The molecule has 1 fully saturated rings. The van der Waals surface area contributed by atoms with E-state index in [4.69, 9.17) is 9.72 Å². The number of hydrogen-bond donors (Lipinski definition) is 3. The third-order valence-corrected chi connectivity index (χ3v) is 9.20. The second kappa shape index (κ2) is 15.9. The number of pyridine rings is 1. The Morgan fingerprint density at radius 1 is 0.830 bits per heavy atom. The van der Waals surface area contributed by atoms with Crippen LogP contribution in [0.4, 0.5) is 23.0 Å². The SMILES string of the molecule is COc1cccc(NC(=O)C2=NN=C(c3cncc(-c4ccnc(Nc5cc(NC(=O)c6ccc(CN7CCN(C)CC7)cc6)ccc5C)n4)c3)C2)c1. The molecule has 0 unspecified atom stereocenters. The molecule has 3 N–H and O–H groups in total. The Kier molecular flexibility index (Phi) is 10.6. The molecule has 13 heteroatoms. The Hall–Kier alpha value is -6.31. The number of methoxy groups -OCH3 is 1. The zero-order valence-corrected chi connectivity index (χ0v) is 29.8. The largest absolute Gasteiger partial charge is 0.497 e. The highest BCUT2D eigenvalue weighted by molar-refractivity contribution is 6.47. The van der Waals surface area contributed by atoms with Crippen molar-refractivity contribution in [2.75, 3.05) is 56.3 Å². The quantitative estimate of drug-likeness (QED) is 0.155. The topological polar surface area (TPSA) is 149 Å². The van der Waals surface area contributed by atoms with E-state index >= 15 is 0 Å². The van der Waals surface area contributed by atoms with E-state index in [0.717, 1.165) is 55.1 Å². The van der Waals surface area contributed by atoms with Crippen LogP contribution in [0.2, 0.25) is 0 Å². The maximum Gasteiger partial charge on any atom is 0.272 e. The van der Waals surface area contributed by atoms with Gasteiger partial charge in [-0.1, -0.05) is 24.3 Å². The Morgan fingerprint density at radius 3 is 2.42 bits per heavy atom. The van der Waals surface area contributed by atoms with Crippen molar-refractivity contribution in [3.05, 3.63) is 120 Å². The lowest BCUT2D eigenvalue weighted by Gasteiger charge is -2.32. The lowest BCUT2D eigenvalue weighted by Crippen LogP contribution is -2.43. The van der Waals surface area contributed by atoms with Crippen LogP contribution >= 0.6 is 0 Å². The van der Waals surface area contributed by atoms with Crippen LogP contribution in [0.15, 0.2) is 108 Å². The Morgan fingerprint density at radius 2 is 1.60 bits per heavy atom. The van der Waals surface area contributed by atoms with Gasteiger partial charge in [-0.3, -0.25) is 19.5 Å². The highest BCUT2D eigenvalue weighted by Gasteiger charge is 2.22. The molecule has 13 nitrogen and oxygen atoms in total. The van der Waals surface area contributed by atoms with Gasteiger partial charge < -0.3 is 25.6 Å². The second-order valence-corrected chi connectivity index (χ2v) is 13.1. The molecule has 53 heavy (non-hydrogen) atoms. The number of nitrogens with one attached hydrogen (secondary N) is 3. The molecule has 0 spiro atoms. The maximum atomic E-state index is 13.2. The van der Waals surface area contributed by atoms with Crippen LogP contribution in [0.3, 0.4) is 0 Å². The fourth-order valence-corrected chi connectivity index (χ4v) is 6.04. The van der Waals surface area contributed by atoms with Crippen molar-refractivity contribution in [1.82, 2.24) is 24.8 Å². The average molecular weight is 709 g/mol. The van der Waals surface area contributed by atoms with E-state index in [2.05, 4.69) is 53.0 Å². The number of ether oxygens (including phenoxy) is 1. The molecule has 2 amide bonds. The van der Waals surface area contributed by atoms with E-state index in [9.17, 15) is 9.59 Å². The average Bonchev–Trinajstić information content (AvgIpc) is 3.69. The summed E-state index contributed by atoms with van der Waals surface area (Å²) >= 11 is 0. The number of anilines is 4. The van der Waals surface area contributed by atoms with Gasteiger partial charge in [0.05, 0.1) is 18.5 Å². The van der Waals surface area contributed by atoms with Gasteiger partial charge in [0.15, 0.2) is 0 Å². The fraction of sp³-hybridized carbons (Fsp3) is 0.225. The van der Waals surface area contributed by atoms with E-state index in [-0.39, 0.29) is 18.2 Å². The standard InChI is InChI=1S/C40H40N10O3/c1-26-7-12-32(43-38(51)28-10-8-27(9-11-28)25-50-17-15-49(2)16-18-50)21-35(26)46-40-42-14-13-34(45-40)29-19-30(24-41-23-29)36-22-37(48-47-36)39(52)44-31-5-4-6-33(20-31)53-3/h4-14,19-21,23-24H,15-18,22,25H2,1-3H3,(H,43,51)(H,44,52)(H,42,45,46). The van der Waals surface area contributed by atoms with Crippen LogP contribution in [0.5, 0.6) is 5.75 Å². The zero-order valence-electron chi connectivity index (χ0n) is 29.8. The normalized spacial score (nSPS) is 14.6. The molecule has 1 saturated heterocycles. The molecule has 0 radical (unpaired) electrons. The van der Waals surface area contributed by atoms with Crippen LogP contribution in [0, 0.1) is 6.92 Å². The molecule has 268 valence electrons. The zero-order chi connectivity index (χ0) is 36.7. The molecule has 0 bridgehead atoms. The number of aromatic nitrogens is 3. The number of likely N-dealkylation sites (N-methyl/N-ethyl adjacent to an activating group) is 1. The van der Waals surface area contributed by atoms with E-state index in [1.807, 2.05) is 55.5 Å². The Labute approximate surface area is 307 Å². The summed E-state index contributed by atoms with van der Waals surface area (Å²) in [6.07, 6.45) is 5.32. The smallest absolute Gasteiger partial charge is 0.272 e. The van der Waals surface area contributed by atoms with Crippen LogP contribution < -0.4 is 20.7 Å². The molecule has 0 atom stereocenters. The van der Waals surface area contributed by atoms with Gasteiger partial charge in [-0.15, -0.1) is 5.10 Å². The van der Waals surface area contributed by atoms with Gasteiger partial charge in [-0.25, -0.2) is 9.97 Å². The lowest BCUT2D eigenvalue weighted by atomic mass is 10.0. The number of amides is 2. The van der Waals surface area contributed by atoms with Crippen LogP contribution in [0.1, 0.15) is 33.5 Å². The first kappa shape index (κ1) is 35.1. The lowest BCUT2D eigenvalue weighted by molar-refractivity contribution is -0.110. The number of carbonyl (C=O) groups excluding carboxylic acids is 2. The summed E-state index contributed by atoms with van der Waals surface area (Å²) in [7, 11) is 3.72. The first-order chi connectivity index (χ1) is 25.8. The van der Waals surface area contributed by atoms with Gasteiger partial charge in [0, 0.05) is 97.6 Å².